The van der Waals surface area contributed by atoms with Crippen molar-refractivity contribution in [2.24, 2.45) is 11.8 Å². The fraction of sp³-hybridized carbons (Fsp3) is 0.455. The highest BCUT2D eigenvalue weighted by Crippen LogP contribution is 2.33. The molecule has 2 heterocycles. The van der Waals surface area contributed by atoms with Crippen molar-refractivity contribution < 1.29 is 14.4 Å². The van der Waals surface area contributed by atoms with Crippen LogP contribution in [0.5, 0.6) is 0 Å². The van der Waals surface area contributed by atoms with Crippen molar-refractivity contribution in [3.63, 3.8) is 0 Å². The highest BCUT2D eigenvalue weighted by molar-refractivity contribution is 7.17. The standard InChI is InChI=1S/C22H25N3O3S/c1-13-19(14(2)26)29-22(23-13)24-20(27)16-9-7-15(8-10-16)11-25-12-17-5-3-4-6-18(17)21(25)28/h3-6,15-16H,7-12H2,1-2H3,(H,23,24,27). The fourth-order valence-electron chi connectivity index (χ4n) is 4.36. The van der Waals surface area contributed by atoms with E-state index in [0.29, 0.717) is 28.2 Å². The summed E-state index contributed by atoms with van der Waals surface area (Å²) in [7, 11) is 0. The van der Waals surface area contributed by atoms with E-state index in [0.717, 1.165) is 43.4 Å². The first kappa shape index (κ1) is 19.8. The molecule has 2 aliphatic rings. The van der Waals surface area contributed by atoms with Crippen LogP contribution >= 0.6 is 11.3 Å². The molecular weight excluding hydrogens is 386 g/mol. The molecule has 0 spiro atoms. The van der Waals surface area contributed by atoms with E-state index in [1.54, 1.807) is 6.92 Å². The topological polar surface area (TPSA) is 79.4 Å². The van der Waals surface area contributed by atoms with Crippen LogP contribution in [0.25, 0.3) is 0 Å². The molecule has 2 amide bonds. The van der Waals surface area contributed by atoms with E-state index in [9.17, 15) is 14.4 Å². The van der Waals surface area contributed by atoms with Crippen molar-refractivity contribution in [1.82, 2.24) is 9.88 Å². The van der Waals surface area contributed by atoms with Gasteiger partial charge in [-0.3, -0.25) is 14.4 Å². The van der Waals surface area contributed by atoms with Crippen molar-refractivity contribution in [2.75, 3.05) is 11.9 Å². The van der Waals surface area contributed by atoms with Gasteiger partial charge in [0.15, 0.2) is 10.9 Å². The van der Waals surface area contributed by atoms with Crippen molar-refractivity contribution >= 4 is 34.1 Å². The number of aromatic nitrogens is 1. The Morgan fingerprint density at radius 1 is 1.21 bits per heavy atom. The minimum Gasteiger partial charge on any atom is -0.334 e. The molecule has 2 aromatic rings. The number of carbonyl (C=O) groups excluding carboxylic acids is 3. The summed E-state index contributed by atoms with van der Waals surface area (Å²) < 4.78 is 0. The lowest BCUT2D eigenvalue weighted by Crippen LogP contribution is -2.34. The summed E-state index contributed by atoms with van der Waals surface area (Å²) in [5.41, 5.74) is 2.59. The van der Waals surface area contributed by atoms with Crippen molar-refractivity contribution in [1.29, 1.82) is 0 Å². The molecule has 1 N–H and O–H groups in total. The average Bonchev–Trinajstić information content (AvgIpc) is 3.22. The number of hydrogen-bond donors (Lipinski definition) is 1. The number of aryl methyl sites for hydroxylation is 1. The molecule has 0 bridgehead atoms. The zero-order valence-electron chi connectivity index (χ0n) is 16.7. The van der Waals surface area contributed by atoms with Crippen LogP contribution in [0.3, 0.4) is 0 Å². The molecule has 0 radical (unpaired) electrons. The van der Waals surface area contributed by atoms with E-state index in [-0.39, 0.29) is 23.5 Å². The van der Waals surface area contributed by atoms with E-state index < -0.39 is 0 Å². The number of rotatable bonds is 5. The normalized spacial score (nSPS) is 21.2. The highest BCUT2D eigenvalue weighted by atomic mass is 32.1. The van der Waals surface area contributed by atoms with Crippen molar-refractivity contribution in [3.05, 3.63) is 46.0 Å². The Balaban J connectivity index is 1.28. The maximum atomic E-state index is 12.6. The Hall–Kier alpha value is -2.54. The molecule has 29 heavy (non-hydrogen) atoms. The molecule has 1 aliphatic heterocycles. The van der Waals surface area contributed by atoms with E-state index >= 15 is 0 Å². The third-order valence-electron chi connectivity index (χ3n) is 5.94. The van der Waals surface area contributed by atoms with Gasteiger partial charge in [0.25, 0.3) is 5.91 Å². The molecule has 1 aromatic heterocycles. The van der Waals surface area contributed by atoms with Crippen LogP contribution in [0, 0.1) is 18.8 Å². The Morgan fingerprint density at radius 3 is 2.59 bits per heavy atom. The third-order valence-corrected chi connectivity index (χ3v) is 7.11. The Labute approximate surface area is 174 Å². The number of carbonyl (C=O) groups is 3. The summed E-state index contributed by atoms with van der Waals surface area (Å²) in [6.45, 7) is 4.75. The van der Waals surface area contributed by atoms with Gasteiger partial charge in [-0.2, -0.15) is 0 Å². The molecule has 0 saturated heterocycles. The number of nitrogens with zero attached hydrogens (tertiary/aromatic N) is 2. The molecule has 1 saturated carbocycles. The SMILES string of the molecule is CC(=O)c1sc(NC(=O)C2CCC(CN3Cc4ccccc4C3=O)CC2)nc1C. The average molecular weight is 412 g/mol. The van der Waals surface area contributed by atoms with E-state index in [2.05, 4.69) is 10.3 Å². The third kappa shape index (κ3) is 4.10. The quantitative estimate of drug-likeness (QED) is 0.753. The van der Waals surface area contributed by atoms with Gasteiger partial charge in [0, 0.05) is 31.5 Å². The summed E-state index contributed by atoms with van der Waals surface area (Å²) >= 11 is 1.24. The first-order valence-electron chi connectivity index (χ1n) is 10.1. The molecule has 1 aromatic carbocycles. The summed E-state index contributed by atoms with van der Waals surface area (Å²) in [5.74, 6) is 0.476. The number of amides is 2. The molecule has 4 rings (SSSR count). The van der Waals surface area contributed by atoms with Gasteiger partial charge in [0.1, 0.15) is 0 Å². The number of ketones is 1. The van der Waals surface area contributed by atoms with E-state index in [4.69, 9.17) is 0 Å². The van der Waals surface area contributed by atoms with Gasteiger partial charge in [-0.15, -0.1) is 0 Å². The van der Waals surface area contributed by atoms with Gasteiger partial charge in [0.05, 0.1) is 10.6 Å². The maximum Gasteiger partial charge on any atom is 0.254 e. The molecular formula is C22H25N3O3S. The fourth-order valence-corrected chi connectivity index (χ4v) is 5.23. The number of benzene rings is 1. The van der Waals surface area contributed by atoms with Crippen LogP contribution in [0.2, 0.25) is 0 Å². The summed E-state index contributed by atoms with van der Waals surface area (Å²) in [4.78, 5) is 43.6. The molecule has 1 aliphatic carbocycles. The number of fused-ring (bicyclic) bond motifs is 1. The van der Waals surface area contributed by atoms with E-state index in [1.807, 2.05) is 29.2 Å². The lowest BCUT2D eigenvalue weighted by atomic mass is 9.81. The Bertz CT molecular complexity index is 960. The second kappa shape index (κ2) is 8.06. The summed E-state index contributed by atoms with van der Waals surface area (Å²) in [6, 6.07) is 7.80. The van der Waals surface area contributed by atoms with Gasteiger partial charge < -0.3 is 10.2 Å². The zero-order valence-corrected chi connectivity index (χ0v) is 17.6. The molecule has 0 atom stereocenters. The van der Waals surface area contributed by atoms with Crippen LogP contribution in [0.1, 0.15) is 63.9 Å². The second-order valence-corrected chi connectivity index (χ2v) is 9.04. The molecule has 1 fully saturated rings. The lowest BCUT2D eigenvalue weighted by molar-refractivity contribution is -0.121. The second-order valence-electron chi connectivity index (χ2n) is 8.04. The number of thiazole rings is 1. The number of Topliss-reactive ketones (excluding diaryl/α,β-unsaturated/α-hetero) is 1. The van der Waals surface area contributed by atoms with Crippen molar-refractivity contribution in [3.8, 4) is 0 Å². The Morgan fingerprint density at radius 2 is 1.93 bits per heavy atom. The molecule has 0 unspecified atom stereocenters. The first-order chi connectivity index (χ1) is 13.9. The lowest BCUT2D eigenvalue weighted by Gasteiger charge is -2.30. The zero-order chi connectivity index (χ0) is 20.5. The van der Waals surface area contributed by atoms with Gasteiger partial charge in [-0.1, -0.05) is 29.5 Å². The van der Waals surface area contributed by atoms with Gasteiger partial charge in [0.2, 0.25) is 5.91 Å². The van der Waals surface area contributed by atoms with Gasteiger partial charge in [-0.25, -0.2) is 4.98 Å². The van der Waals surface area contributed by atoms with Crippen LogP contribution in [-0.4, -0.2) is 34.0 Å². The number of anilines is 1. The van der Waals surface area contributed by atoms with Gasteiger partial charge in [-0.05, 0) is 50.2 Å². The van der Waals surface area contributed by atoms with E-state index in [1.165, 1.54) is 18.3 Å². The van der Waals surface area contributed by atoms with Gasteiger partial charge >= 0.3 is 0 Å². The summed E-state index contributed by atoms with van der Waals surface area (Å²) in [5, 5.41) is 3.39. The maximum absolute atomic E-state index is 12.6. The van der Waals surface area contributed by atoms with Crippen molar-refractivity contribution in [2.45, 2.75) is 46.1 Å². The smallest absolute Gasteiger partial charge is 0.254 e. The predicted molar refractivity (Wildman–Crippen MR) is 112 cm³/mol. The van der Waals surface area contributed by atoms with Crippen LogP contribution in [0.4, 0.5) is 5.13 Å². The summed E-state index contributed by atoms with van der Waals surface area (Å²) in [6.07, 6.45) is 3.51. The van der Waals surface area contributed by atoms with Crippen LogP contribution in [-0.2, 0) is 11.3 Å². The minimum atomic E-state index is -0.0392. The predicted octanol–water partition coefficient (Wildman–Crippen LogP) is 4.06. The molecule has 152 valence electrons. The number of hydrogen-bond acceptors (Lipinski definition) is 5. The monoisotopic (exact) mass is 411 g/mol. The Kier molecular flexibility index (Phi) is 5.50. The van der Waals surface area contributed by atoms with Crippen LogP contribution < -0.4 is 5.32 Å². The minimum absolute atomic E-state index is 0.0167. The highest BCUT2D eigenvalue weighted by Gasteiger charge is 2.32. The number of nitrogens with one attached hydrogen (secondary N) is 1. The molecule has 7 heteroatoms. The first-order valence-corrected chi connectivity index (χ1v) is 10.9. The molecule has 6 nitrogen and oxygen atoms in total. The largest absolute Gasteiger partial charge is 0.334 e. The van der Waals surface area contributed by atoms with Crippen LogP contribution in [0.15, 0.2) is 24.3 Å².